The molecule has 1 N–H and O–H groups in total. The van der Waals surface area contributed by atoms with Gasteiger partial charge in [-0.15, -0.1) is 12.3 Å². The largest absolute Gasteiger partial charge is 0.465 e. The molecule has 1 aliphatic carbocycles. The molecule has 0 aliphatic heterocycles. The van der Waals surface area contributed by atoms with Gasteiger partial charge in [0.25, 0.3) is 0 Å². The lowest BCUT2D eigenvalue weighted by atomic mass is 9.62. The van der Waals surface area contributed by atoms with Crippen LogP contribution in [0.25, 0.3) is 0 Å². The zero-order chi connectivity index (χ0) is 13.8. The first-order valence-corrected chi connectivity index (χ1v) is 6.26. The molecule has 0 aromatic carbocycles. The monoisotopic (exact) mass is 250 g/mol. The Morgan fingerprint density at radius 3 is 2.78 bits per heavy atom. The minimum Gasteiger partial charge on any atom is -0.465 e. The Kier molecular flexibility index (Phi) is 4.59. The van der Waals surface area contributed by atoms with Gasteiger partial charge in [-0.2, -0.15) is 0 Å². The molecule has 0 saturated heterocycles. The number of terminal acetylenes is 1. The fraction of sp³-hybridized carbons (Fsp3) is 0.667. The highest BCUT2D eigenvalue weighted by atomic mass is 16.5. The second kappa shape index (κ2) is 5.58. The third kappa shape index (κ3) is 3.36. The van der Waals surface area contributed by atoms with Gasteiger partial charge in [0.15, 0.2) is 0 Å². The van der Waals surface area contributed by atoms with Gasteiger partial charge in [0.1, 0.15) is 0 Å². The molecule has 0 bridgehead atoms. The van der Waals surface area contributed by atoms with Gasteiger partial charge in [-0.05, 0) is 26.7 Å². The molecule has 0 aromatic rings. The molecule has 0 spiro atoms. The van der Waals surface area contributed by atoms with Crippen LogP contribution in [0.4, 0.5) is 0 Å². The number of hydrogen-bond donors (Lipinski definition) is 1. The second-order valence-electron chi connectivity index (χ2n) is 5.64. The van der Waals surface area contributed by atoms with Crippen LogP contribution in [-0.2, 0) is 9.53 Å². The van der Waals surface area contributed by atoms with Gasteiger partial charge in [0.2, 0.25) is 0 Å². The van der Waals surface area contributed by atoms with Gasteiger partial charge in [0.05, 0.1) is 12.2 Å². The Morgan fingerprint density at radius 2 is 2.28 bits per heavy atom. The van der Waals surface area contributed by atoms with Crippen LogP contribution in [0.5, 0.6) is 0 Å². The highest BCUT2D eigenvalue weighted by Gasteiger charge is 2.46. The topological polar surface area (TPSA) is 46.5 Å². The van der Waals surface area contributed by atoms with Crippen LogP contribution in [0.15, 0.2) is 12.2 Å². The van der Waals surface area contributed by atoms with E-state index >= 15 is 0 Å². The van der Waals surface area contributed by atoms with E-state index in [1.807, 2.05) is 0 Å². The maximum Gasteiger partial charge on any atom is 0.302 e. The molecule has 1 rings (SSSR count). The summed E-state index contributed by atoms with van der Waals surface area (Å²) in [4.78, 5) is 11.0. The Bertz CT molecular complexity index is 370. The lowest BCUT2D eigenvalue weighted by molar-refractivity contribution is -0.150. The molecule has 0 fully saturated rings. The molecular weight excluding hydrogens is 228 g/mol. The average molecular weight is 250 g/mol. The number of allylic oxidation sites excluding steroid dienone is 2. The molecular formula is C15H22O3. The highest BCUT2D eigenvalue weighted by Crippen LogP contribution is 2.46. The summed E-state index contributed by atoms with van der Waals surface area (Å²) in [6.07, 6.45) is 11.6. The van der Waals surface area contributed by atoms with Crippen LogP contribution in [0.2, 0.25) is 0 Å². The summed E-state index contributed by atoms with van der Waals surface area (Å²) >= 11 is 0. The molecule has 0 heterocycles. The Balaban J connectivity index is 3.01. The summed E-state index contributed by atoms with van der Waals surface area (Å²) in [5, 5.41) is 10.3. The molecule has 0 aromatic heterocycles. The minimum absolute atomic E-state index is 0.00889. The summed E-state index contributed by atoms with van der Waals surface area (Å²) in [5.41, 5.74) is -1.20. The van der Waals surface area contributed by atoms with E-state index in [-0.39, 0.29) is 23.9 Å². The van der Waals surface area contributed by atoms with E-state index in [2.05, 4.69) is 18.1 Å². The van der Waals surface area contributed by atoms with Crippen molar-refractivity contribution in [1.82, 2.24) is 0 Å². The first kappa shape index (κ1) is 14.8. The summed E-state index contributed by atoms with van der Waals surface area (Å²) in [5.74, 6) is 2.35. The van der Waals surface area contributed by atoms with Crippen molar-refractivity contribution in [2.24, 2.45) is 11.3 Å². The molecule has 0 amide bonds. The van der Waals surface area contributed by atoms with E-state index in [4.69, 9.17) is 11.2 Å². The van der Waals surface area contributed by atoms with Crippen molar-refractivity contribution >= 4 is 5.97 Å². The Morgan fingerprint density at radius 1 is 1.61 bits per heavy atom. The Hall–Kier alpha value is -1.27. The standard InChI is InChI=1S/C15H22O3/c1-5-9-15(11-18-12(2)16)10-7-6-8-13(15)14(3,4)17/h1,6-7,13,17H,8-11H2,2-4H3/t13-,15+/m0/s1. The molecule has 0 radical (unpaired) electrons. The van der Waals surface area contributed by atoms with Gasteiger partial charge >= 0.3 is 5.97 Å². The number of carbonyl (C=O) groups is 1. The number of ether oxygens (including phenoxy) is 1. The maximum absolute atomic E-state index is 11.0. The van der Waals surface area contributed by atoms with Gasteiger partial charge in [0, 0.05) is 24.7 Å². The predicted molar refractivity (Wildman–Crippen MR) is 70.7 cm³/mol. The van der Waals surface area contributed by atoms with Crippen LogP contribution in [-0.4, -0.2) is 23.3 Å². The lowest BCUT2D eigenvalue weighted by Gasteiger charge is -2.46. The third-order valence-corrected chi connectivity index (χ3v) is 3.67. The van der Waals surface area contributed by atoms with Gasteiger partial charge in [-0.3, -0.25) is 4.79 Å². The zero-order valence-corrected chi connectivity index (χ0v) is 11.4. The van der Waals surface area contributed by atoms with Crippen molar-refractivity contribution < 1.29 is 14.6 Å². The van der Waals surface area contributed by atoms with E-state index in [1.165, 1.54) is 6.92 Å². The SMILES string of the molecule is C#CC[C@]1(COC(C)=O)CC=CC[C@H]1C(C)(C)O. The van der Waals surface area contributed by atoms with Crippen LogP contribution >= 0.6 is 0 Å². The summed E-state index contributed by atoms with van der Waals surface area (Å²) in [6, 6.07) is 0. The van der Waals surface area contributed by atoms with E-state index in [0.717, 1.165) is 12.8 Å². The highest BCUT2D eigenvalue weighted by molar-refractivity contribution is 5.65. The normalized spacial score (nSPS) is 27.6. The second-order valence-corrected chi connectivity index (χ2v) is 5.64. The van der Waals surface area contributed by atoms with E-state index in [0.29, 0.717) is 6.42 Å². The van der Waals surface area contributed by atoms with E-state index in [1.54, 1.807) is 13.8 Å². The number of rotatable bonds is 4. The van der Waals surface area contributed by atoms with Crippen LogP contribution in [0, 0.1) is 23.7 Å². The number of aliphatic hydroxyl groups is 1. The number of carbonyl (C=O) groups excluding carboxylic acids is 1. The Labute approximate surface area is 109 Å². The molecule has 18 heavy (non-hydrogen) atoms. The van der Waals surface area contributed by atoms with Crippen molar-refractivity contribution in [3.05, 3.63) is 12.2 Å². The van der Waals surface area contributed by atoms with Gasteiger partial charge < -0.3 is 9.84 Å². The molecule has 100 valence electrons. The van der Waals surface area contributed by atoms with Crippen molar-refractivity contribution in [2.75, 3.05) is 6.61 Å². The van der Waals surface area contributed by atoms with Crippen LogP contribution in [0.1, 0.15) is 40.0 Å². The van der Waals surface area contributed by atoms with Crippen LogP contribution in [0.3, 0.4) is 0 Å². The predicted octanol–water partition coefficient (Wildman–Crippen LogP) is 2.30. The number of esters is 1. The van der Waals surface area contributed by atoms with E-state index < -0.39 is 5.60 Å². The van der Waals surface area contributed by atoms with Crippen LogP contribution < -0.4 is 0 Å². The molecule has 3 nitrogen and oxygen atoms in total. The maximum atomic E-state index is 11.0. The van der Waals surface area contributed by atoms with Crippen molar-refractivity contribution in [1.29, 1.82) is 0 Å². The van der Waals surface area contributed by atoms with Gasteiger partial charge in [-0.1, -0.05) is 12.2 Å². The quantitative estimate of drug-likeness (QED) is 0.473. The van der Waals surface area contributed by atoms with Gasteiger partial charge in [-0.25, -0.2) is 0 Å². The third-order valence-electron chi connectivity index (χ3n) is 3.67. The average Bonchev–Trinajstić information content (AvgIpc) is 2.26. The molecule has 3 heteroatoms. The molecule has 0 unspecified atom stereocenters. The first-order chi connectivity index (χ1) is 8.32. The summed E-state index contributed by atoms with van der Waals surface area (Å²) in [7, 11) is 0. The minimum atomic E-state index is -0.845. The van der Waals surface area contributed by atoms with Crippen molar-refractivity contribution in [2.45, 2.75) is 45.6 Å². The van der Waals surface area contributed by atoms with Crippen molar-refractivity contribution in [3.8, 4) is 12.3 Å². The fourth-order valence-corrected chi connectivity index (χ4v) is 2.83. The summed E-state index contributed by atoms with van der Waals surface area (Å²) in [6.45, 7) is 5.23. The summed E-state index contributed by atoms with van der Waals surface area (Å²) < 4.78 is 5.18. The molecule has 0 saturated carbocycles. The first-order valence-electron chi connectivity index (χ1n) is 6.26. The van der Waals surface area contributed by atoms with E-state index in [9.17, 15) is 9.90 Å². The molecule has 1 aliphatic rings. The zero-order valence-electron chi connectivity index (χ0n) is 11.4. The smallest absolute Gasteiger partial charge is 0.302 e. The van der Waals surface area contributed by atoms with Crippen molar-refractivity contribution in [3.63, 3.8) is 0 Å². The number of hydrogen-bond acceptors (Lipinski definition) is 3. The molecule has 2 atom stereocenters. The fourth-order valence-electron chi connectivity index (χ4n) is 2.83. The lowest BCUT2D eigenvalue weighted by Crippen LogP contribution is -2.47.